The highest BCUT2D eigenvalue weighted by Gasteiger charge is 2.32. The fourth-order valence-electron chi connectivity index (χ4n) is 4.80. The first-order valence-corrected chi connectivity index (χ1v) is 14.0. The molecule has 0 aromatic heterocycles. The van der Waals surface area contributed by atoms with Crippen molar-refractivity contribution in [3.05, 3.63) is 100 Å². The smallest absolute Gasteiger partial charge is 0.243 e. The van der Waals surface area contributed by atoms with Gasteiger partial charge in [0, 0.05) is 35.5 Å². The molecule has 7 heteroatoms. The lowest BCUT2D eigenvalue weighted by Gasteiger charge is -2.32. The van der Waals surface area contributed by atoms with E-state index in [1.807, 2.05) is 54.6 Å². The molecule has 0 unspecified atom stereocenters. The number of carbonyl (C=O) groups is 2. The lowest BCUT2D eigenvalue weighted by atomic mass is 10.0. The Balaban J connectivity index is 1.50. The van der Waals surface area contributed by atoms with Crippen molar-refractivity contribution in [2.45, 2.75) is 63.6 Å². The van der Waals surface area contributed by atoms with Gasteiger partial charge in [-0.25, -0.2) is 0 Å². The van der Waals surface area contributed by atoms with Gasteiger partial charge in [0.05, 0.1) is 6.61 Å². The van der Waals surface area contributed by atoms with Crippen molar-refractivity contribution in [2.75, 3.05) is 6.61 Å². The predicted molar refractivity (Wildman–Crippen MR) is 153 cm³/mol. The first-order valence-electron chi connectivity index (χ1n) is 13.2. The Hall–Kier alpha value is -3.02. The number of benzene rings is 3. The first-order chi connectivity index (χ1) is 18.5. The minimum absolute atomic E-state index is 0.0813. The molecule has 3 aromatic carbocycles. The molecule has 1 fully saturated rings. The number of halogens is 2. The summed E-state index contributed by atoms with van der Waals surface area (Å²) < 4.78 is 5.79. The van der Waals surface area contributed by atoms with E-state index in [1.165, 1.54) is 0 Å². The maximum Gasteiger partial charge on any atom is 0.243 e. The van der Waals surface area contributed by atoms with Crippen LogP contribution in [0.25, 0.3) is 0 Å². The SMILES string of the molecule is O=C(NC1CCCC1)[C@H](Cc1ccccc1)N(Cc1ccc(Cl)cc1)C(=O)CCCOc1ccc(Cl)cc1. The summed E-state index contributed by atoms with van der Waals surface area (Å²) in [4.78, 5) is 29.1. The van der Waals surface area contributed by atoms with Gasteiger partial charge in [0.25, 0.3) is 0 Å². The monoisotopic (exact) mass is 552 g/mol. The summed E-state index contributed by atoms with van der Waals surface area (Å²) in [7, 11) is 0. The first kappa shape index (κ1) is 28.0. The zero-order valence-corrected chi connectivity index (χ0v) is 23.0. The second kappa shape index (κ2) is 14.2. The van der Waals surface area contributed by atoms with Gasteiger partial charge in [0.15, 0.2) is 0 Å². The van der Waals surface area contributed by atoms with Crippen LogP contribution in [0.15, 0.2) is 78.9 Å². The second-order valence-electron chi connectivity index (χ2n) is 9.75. The van der Waals surface area contributed by atoms with E-state index in [9.17, 15) is 9.59 Å². The van der Waals surface area contributed by atoms with Crippen molar-refractivity contribution in [1.82, 2.24) is 10.2 Å². The zero-order chi connectivity index (χ0) is 26.7. The Morgan fingerprint density at radius 2 is 1.50 bits per heavy atom. The normalized spacial score (nSPS) is 14.2. The number of amides is 2. The van der Waals surface area contributed by atoms with Crippen molar-refractivity contribution < 1.29 is 14.3 Å². The summed E-state index contributed by atoms with van der Waals surface area (Å²) in [6.07, 6.45) is 5.45. The molecule has 2 amide bonds. The highest BCUT2D eigenvalue weighted by Crippen LogP contribution is 2.21. The third-order valence-corrected chi connectivity index (χ3v) is 7.36. The van der Waals surface area contributed by atoms with Gasteiger partial charge in [-0.2, -0.15) is 0 Å². The van der Waals surface area contributed by atoms with E-state index in [0.29, 0.717) is 41.8 Å². The number of rotatable bonds is 12. The molecule has 1 saturated carbocycles. The summed E-state index contributed by atoms with van der Waals surface area (Å²) >= 11 is 12.0. The maximum atomic E-state index is 13.7. The van der Waals surface area contributed by atoms with Gasteiger partial charge in [0.2, 0.25) is 11.8 Å². The number of hydrogen-bond donors (Lipinski definition) is 1. The molecule has 0 bridgehead atoms. The summed E-state index contributed by atoms with van der Waals surface area (Å²) in [5.74, 6) is 0.528. The standard InChI is InChI=1S/C31H34Cl2N2O3/c32-25-14-12-24(13-15-25)22-35(30(36)11-6-20-38-28-18-16-26(33)17-19-28)29(21-23-7-2-1-3-8-23)31(37)34-27-9-4-5-10-27/h1-3,7-8,12-19,27,29H,4-6,9-11,20-22H2,(H,34,37)/t29-/m0/s1. The topological polar surface area (TPSA) is 58.6 Å². The van der Waals surface area contributed by atoms with E-state index < -0.39 is 6.04 Å². The quantitative estimate of drug-likeness (QED) is 0.250. The highest BCUT2D eigenvalue weighted by molar-refractivity contribution is 6.30. The Bertz CT molecular complexity index is 1160. The molecule has 4 rings (SSSR count). The van der Waals surface area contributed by atoms with Crippen LogP contribution in [0.4, 0.5) is 0 Å². The molecular formula is C31H34Cl2N2O3. The molecule has 0 radical (unpaired) electrons. The molecule has 38 heavy (non-hydrogen) atoms. The third kappa shape index (κ3) is 8.50. The minimum atomic E-state index is -0.627. The van der Waals surface area contributed by atoms with E-state index in [0.717, 1.165) is 36.8 Å². The fraction of sp³-hybridized carbons (Fsp3) is 0.355. The Morgan fingerprint density at radius 1 is 0.868 bits per heavy atom. The molecule has 0 aliphatic heterocycles. The van der Waals surface area contributed by atoms with Crippen molar-refractivity contribution in [3.63, 3.8) is 0 Å². The largest absolute Gasteiger partial charge is 0.494 e. The molecule has 1 aliphatic rings. The van der Waals surface area contributed by atoms with Gasteiger partial charge in [0.1, 0.15) is 11.8 Å². The van der Waals surface area contributed by atoms with Gasteiger partial charge >= 0.3 is 0 Å². The highest BCUT2D eigenvalue weighted by atomic mass is 35.5. The van der Waals surface area contributed by atoms with Crippen molar-refractivity contribution in [3.8, 4) is 5.75 Å². The van der Waals surface area contributed by atoms with Crippen molar-refractivity contribution in [2.24, 2.45) is 0 Å². The van der Waals surface area contributed by atoms with Gasteiger partial charge in [-0.1, -0.05) is 78.5 Å². The molecule has 0 heterocycles. The van der Waals surface area contributed by atoms with E-state index in [1.54, 1.807) is 29.2 Å². The average Bonchev–Trinajstić information content (AvgIpc) is 3.44. The number of nitrogens with zero attached hydrogens (tertiary/aromatic N) is 1. The Morgan fingerprint density at radius 3 is 2.16 bits per heavy atom. The van der Waals surface area contributed by atoms with Crippen LogP contribution in [0.1, 0.15) is 49.7 Å². The summed E-state index contributed by atoms with van der Waals surface area (Å²) in [6.45, 7) is 0.712. The lowest BCUT2D eigenvalue weighted by Crippen LogP contribution is -2.52. The van der Waals surface area contributed by atoms with Crippen LogP contribution >= 0.6 is 23.2 Å². The Labute approximate surface area is 235 Å². The minimum Gasteiger partial charge on any atom is -0.494 e. The van der Waals surface area contributed by atoms with Crippen LogP contribution < -0.4 is 10.1 Å². The lowest BCUT2D eigenvalue weighted by molar-refractivity contribution is -0.141. The second-order valence-corrected chi connectivity index (χ2v) is 10.6. The van der Waals surface area contributed by atoms with E-state index >= 15 is 0 Å². The fourth-order valence-corrected chi connectivity index (χ4v) is 5.05. The van der Waals surface area contributed by atoms with E-state index in [4.69, 9.17) is 27.9 Å². The average molecular weight is 554 g/mol. The third-order valence-electron chi connectivity index (χ3n) is 6.86. The number of nitrogens with one attached hydrogen (secondary N) is 1. The Kier molecular flexibility index (Phi) is 10.5. The van der Waals surface area contributed by atoms with Crippen molar-refractivity contribution >= 4 is 35.0 Å². The van der Waals surface area contributed by atoms with Gasteiger partial charge < -0.3 is 15.0 Å². The maximum absolute atomic E-state index is 13.7. The molecule has 0 spiro atoms. The van der Waals surface area contributed by atoms with Crippen LogP contribution in [0.5, 0.6) is 5.75 Å². The molecule has 1 atom stereocenters. The molecule has 0 saturated heterocycles. The predicted octanol–water partition coefficient (Wildman–Crippen LogP) is 6.85. The van der Waals surface area contributed by atoms with Crippen LogP contribution in [0.3, 0.4) is 0 Å². The van der Waals surface area contributed by atoms with Crippen LogP contribution in [-0.2, 0) is 22.6 Å². The van der Waals surface area contributed by atoms with Gasteiger partial charge in [-0.05, 0) is 66.8 Å². The van der Waals surface area contributed by atoms with E-state index in [-0.39, 0.29) is 24.3 Å². The molecule has 3 aromatic rings. The summed E-state index contributed by atoms with van der Waals surface area (Å²) in [5, 5.41) is 4.51. The molecular weight excluding hydrogens is 519 g/mol. The van der Waals surface area contributed by atoms with Gasteiger partial charge in [-0.15, -0.1) is 0 Å². The number of hydrogen-bond acceptors (Lipinski definition) is 3. The van der Waals surface area contributed by atoms with Gasteiger partial charge in [-0.3, -0.25) is 9.59 Å². The van der Waals surface area contributed by atoms with Crippen LogP contribution in [-0.4, -0.2) is 35.4 Å². The van der Waals surface area contributed by atoms with Crippen LogP contribution in [0.2, 0.25) is 10.0 Å². The summed E-state index contributed by atoms with van der Waals surface area (Å²) in [5.41, 5.74) is 1.94. The zero-order valence-electron chi connectivity index (χ0n) is 21.5. The molecule has 200 valence electrons. The van der Waals surface area contributed by atoms with Crippen molar-refractivity contribution in [1.29, 1.82) is 0 Å². The summed E-state index contributed by atoms with van der Waals surface area (Å²) in [6, 6.07) is 24.0. The van der Waals surface area contributed by atoms with Crippen LogP contribution in [0, 0.1) is 0 Å². The molecule has 1 N–H and O–H groups in total. The number of ether oxygens (including phenoxy) is 1. The van der Waals surface area contributed by atoms with E-state index in [2.05, 4.69) is 5.32 Å². The molecule has 1 aliphatic carbocycles. The number of carbonyl (C=O) groups excluding carboxylic acids is 2. The molecule has 5 nitrogen and oxygen atoms in total.